The number of halogens is 1. The van der Waals surface area contributed by atoms with Gasteiger partial charge in [0.15, 0.2) is 0 Å². The molecule has 2 aromatic heterocycles. The van der Waals surface area contributed by atoms with E-state index in [0.29, 0.717) is 5.56 Å². The van der Waals surface area contributed by atoms with Crippen molar-refractivity contribution in [2.75, 3.05) is 26.3 Å². The lowest BCUT2D eigenvalue weighted by Gasteiger charge is -2.26. The summed E-state index contributed by atoms with van der Waals surface area (Å²) in [6.45, 7) is 3.93. The zero-order valence-electron chi connectivity index (χ0n) is 16.5. The lowest BCUT2D eigenvalue weighted by Crippen LogP contribution is -2.35. The highest BCUT2D eigenvalue weighted by atomic mass is 32.1. The van der Waals surface area contributed by atoms with Gasteiger partial charge in [-0.15, -0.1) is 0 Å². The number of aromatic nitrogens is 2. The molecule has 30 heavy (non-hydrogen) atoms. The van der Waals surface area contributed by atoms with Gasteiger partial charge >= 0.3 is 0 Å². The van der Waals surface area contributed by atoms with Crippen LogP contribution in [-0.2, 0) is 11.3 Å². The summed E-state index contributed by atoms with van der Waals surface area (Å²) < 4.78 is 22.1. The van der Waals surface area contributed by atoms with Crippen molar-refractivity contribution in [1.82, 2.24) is 14.7 Å². The largest absolute Gasteiger partial charge is 0.379 e. The number of nitrogens with zero attached hydrogens (tertiary/aromatic N) is 3. The molecule has 0 amide bonds. The average molecular weight is 420 g/mol. The Labute approximate surface area is 179 Å². The Morgan fingerprint density at radius 3 is 2.50 bits per heavy atom. The van der Waals surface area contributed by atoms with Crippen LogP contribution in [0.25, 0.3) is 28.1 Å². The Bertz CT molecular complexity index is 1120. The summed E-state index contributed by atoms with van der Waals surface area (Å²) in [5, 5.41) is 8.86. The maximum atomic E-state index is 14.8. The first-order valence-corrected chi connectivity index (χ1v) is 11.0. The summed E-state index contributed by atoms with van der Waals surface area (Å²) in [6.07, 6.45) is 1.87. The van der Waals surface area contributed by atoms with Gasteiger partial charge < -0.3 is 4.74 Å². The second-order valence-corrected chi connectivity index (χ2v) is 8.14. The minimum atomic E-state index is -0.239. The lowest BCUT2D eigenvalue weighted by atomic mass is 10.1. The Kier molecular flexibility index (Phi) is 5.45. The van der Waals surface area contributed by atoms with E-state index >= 15 is 0 Å². The third kappa shape index (κ3) is 3.81. The number of hydrogen-bond acceptors (Lipinski definition) is 4. The second kappa shape index (κ2) is 8.52. The van der Waals surface area contributed by atoms with Crippen molar-refractivity contribution in [2.24, 2.45) is 0 Å². The highest BCUT2D eigenvalue weighted by molar-refractivity contribution is 7.08. The number of hydrogen-bond donors (Lipinski definition) is 0. The van der Waals surface area contributed by atoms with Crippen LogP contribution in [0.2, 0.25) is 0 Å². The topological polar surface area (TPSA) is 30.3 Å². The Morgan fingerprint density at radius 1 is 0.967 bits per heavy atom. The molecule has 0 atom stereocenters. The molecule has 0 radical (unpaired) electrons. The number of rotatable bonds is 5. The third-order valence-electron chi connectivity index (χ3n) is 5.44. The van der Waals surface area contributed by atoms with E-state index in [1.165, 1.54) is 11.6 Å². The second-order valence-electron chi connectivity index (χ2n) is 7.36. The quantitative estimate of drug-likeness (QED) is 0.443. The molecule has 3 heterocycles. The lowest BCUT2D eigenvalue weighted by molar-refractivity contribution is 0.0342. The molecule has 1 fully saturated rings. The predicted molar refractivity (Wildman–Crippen MR) is 118 cm³/mol. The molecule has 0 N–H and O–H groups in total. The molecule has 0 aliphatic carbocycles. The maximum absolute atomic E-state index is 14.8. The SMILES string of the molecule is Fc1ccccc1-c1c(CN2CCOCC2)cnn1-c1ccc(-c2ccsc2)cc1. The van der Waals surface area contributed by atoms with E-state index in [9.17, 15) is 4.39 Å². The molecule has 4 aromatic rings. The van der Waals surface area contributed by atoms with Gasteiger partial charge in [0.05, 0.1) is 30.8 Å². The Balaban J connectivity index is 1.55. The molecule has 0 unspecified atom stereocenters. The summed E-state index contributed by atoms with van der Waals surface area (Å²) in [5.74, 6) is -0.239. The molecule has 2 aromatic carbocycles. The van der Waals surface area contributed by atoms with Crippen LogP contribution in [0.1, 0.15) is 5.56 Å². The number of morpholine rings is 1. The van der Waals surface area contributed by atoms with Gasteiger partial charge in [0.25, 0.3) is 0 Å². The van der Waals surface area contributed by atoms with Gasteiger partial charge in [-0.2, -0.15) is 16.4 Å². The summed E-state index contributed by atoms with van der Waals surface area (Å²) >= 11 is 1.68. The fourth-order valence-corrected chi connectivity index (χ4v) is 4.52. The van der Waals surface area contributed by atoms with Crippen molar-refractivity contribution in [2.45, 2.75) is 6.54 Å². The normalized spacial score (nSPS) is 14.8. The molecule has 4 nitrogen and oxygen atoms in total. The zero-order valence-corrected chi connectivity index (χ0v) is 17.3. The Morgan fingerprint density at radius 2 is 1.77 bits per heavy atom. The summed E-state index contributed by atoms with van der Waals surface area (Å²) in [7, 11) is 0. The van der Waals surface area contributed by atoms with Gasteiger partial charge in [0.2, 0.25) is 0 Å². The van der Waals surface area contributed by atoms with Crippen LogP contribution in [0.3, 0.4) is 0 Å². The van der Waals surface area contributed by atoms with Gasteiger partial charge in [-0.05, 0) is 52.2 Å². The molecular formula is C24H22FN3OS. The van der Waals surface area contributed by atoms with Crippen LogP contribution in [-0.4, -0.2) is 41.0 Å². The van der Waals surface area contributed by atoms with Crippen LogP contribution < -0.4 is 0 Å². The standard InChI is InChI=1S/C24H22FN3OS/c25-23-4-2-1-3-22(23)24-20(16-27-10-12-29-13-11-27)15-26-28(24)21-7-5-18(6-8-21)19-9-14-30-17-19/h1-9,14-15,17H,10-13,16H2. The molecular weight excluding hydrogens is 397 g/mol. The number of thiophene rings is 1. The smallest absolute Gasteiger partial charge is 0.132 e. The van der Waals surface area contributed by atoms with Crippen LogP contribution in [0.15, 0.2) is 71.6 Å². The van der Waals surface area contributed by atoms with Gasteiger partial charge in [0.1, 0.15) is 5.82 Å². The molecule has 1 saturated heterocycles. The summed E-state index contributed by atoms with van der Waals surface area (Å²) in [6, 6.07) is 17.3. The summed E-state index contributed by atoms with van der Waals surface area (Å²) in [5.41, 5.74) is 5.68. The van der Waals surface area contributed by atoms with Crippen molar-refractivity contribution in [1.29, 1.82) is 0 Å². The third-order valence-corrected chi connectivity index (χ3v) is 6.12. The molecule has 152 valence electrons. The number of benzene rings is 2. The van der Waals surface area contributed by atoms with E-state index in [0.717, 1.165) is 55.4 Å². The van der Waals surface area contributed by atoms with Crippen LogP contribution in [0.4, 0.5) is 4.39 Å². The highest BCUT2D eigenvalue weighted by Crippen LogP contribution is 2.31. The fraction of sp³-hybridized carbons (Fsp3) is 0.208. The first-order valence-electron chi connectivity index (χ1n) is 10.0. The van der Waals surface area contributed by atoms with Gasteiger partial charge in [-0.1, -0.05) is 24.3 Å². The fourth-order valence-electron chi connectivity index (χ4n) is 3.86. The first kappa shape index (κ1) is 19.2. The Hall–Kier alpha value is -2.80. The minimum absolute atomic E-state index is 0.239. The van der Waals surface area contributed by atoms with Crippen molar-refractivity contribution in [3.05, 3.63) is 82.9 Å². The van der Waals surface area contributed by atoms with Gasteiger partial charge in [-0.25, -0.2) is 9.07 Å². The van der Waals surface area contributed by atoms with E-state index in [2.05, 4.69) is 39.0 Å². The maximum Gasteiger partial charge on any atom is 0.132 e. The first-order chi connectivity index (χ1) is 14.8. The number of ether oxygens (including phenoxy) is 1. The molecule has 0 saturated carbocycles. The van der Waals surface area contributed by atoms with Crippen molar-refractivity contribution >= 4 is 11.3 Å². The van der Waals surface area contributed by atoms with Crippen molar-refractivity contribution in [3.63, 3.8) is 0 Å². The van der Waals surface area contributed by atoms with Crippen molar-refractivity contribution < 1.29 is 9.13 Å². The van der Waals surface area contributed by atoms with E-state index in [1.807, 2.05) is 35.1 Å². The van der Waals surface area contributed by atoms with E-state index in [4.69, 9.17) is 4.74 Å². The monoisotopic (exact) mass is 419 g/mol. The zero-order chi connectivity index (χ0) is 20.3. The molecule has 1 aliphatic heterocycles. The molecule has 5 rings (SSSR count). The molecule has 6 heteroatoms. The van der Waals surface area contributed by atoms with E-state index in [-0.39, 0.29) is 5.82 Å². The van der Waals surface area contributed by atoms with Gasteiger partial charge in [-0.3, -0.25) is 4.90 Å². The van der Waals surface area contributed by atoms with Crippen LogP contribution >= 0.6 is 11.3 Å². The highest BCUT2D eigenvalue weighted by Gasteiger charge is 2.20. The minimum Gasteiger partial charge on any atom is -0.379 e. The molecule has 0 bridgehead atoms. The average Bonchev–Trinajstić information content (AvgIpc) is 3.46. The summed E-state index contributed by atoms with van der Waals surface area (Å²) in [4.78, 5) is 2.33. The van der Waals surface area contributed by atoms with Crippen LogP contribution in [0, 0.1) is 5.82 Å². The van der Waals surface area contributed by atoms with Crippen LogP contribution in [0.5, 0.6) is 0 Å². The molecule has 1 aliphatic rings. The van der Waals surface area contributed by atoms with E-state index < -0.39 is 0 Å². The van der Waals surface area contributed by atoms with E-state index in [1.54, 1.807) is 17.4 Å². The van der Waals surface area contributed by atoms with Gasteiger partial charge in [0, 0.05) is 30.8 Å². The van der Waals surface area contributed by atoms with Crippen molar-refractivity contribution in [3.8, 4) is 28.1 Å². The molecule has 0 spiro atoms. The predicted octanol–water partition coefficient (Wildman–Crippen LogP) is 5.24.